The highest BCUT2D eigenvalue weighted by Gasteiger charge is 2.37. The normalized spacial score (nSPS) is 34.6. The lowest BCUT2D eigenvalue weighted by Crippen LogP contribution is -2.46. The predicted molar refractivity (Wildman–Crippen MR) is 48.5 cm³/mol. The smallest absolute Gasteiger partial charge is 0.0293 e. The molecule has 0 saturated carbocycles. The van der Waals surface area contributed by atoms with E-state index < -0.39 is 0 Å². The van der Waals surface area contributed by atoms with Crippen molar-refractivity contribution >= 4 is 0 Å². The molecule has 0 aromatic heterocycles. The lowest BCUT2D eigenvalue weighted by molar-refractivity contribution is 0.157. The van der Waals surface area contributed by atoms with E-state index in [-0.39, 0.29) is 0 Å². The van der Waals surface area contributed by atoms with Gasteiger partial charge in [0.05, 0.1) is 0 Å². The molecule has 2 unspecified atom stereocenters. The van der Waals surface area contributed by atoms with Crippen LogP contribution in [0.5, 0.6) is 0 Å². The fourth-order valence-corrected chi connectivity index (χ4v) is 2.28. The third-order valence-corrected chi connectivity index (χ3v) is 2.58. The Kier molecular flexibility index (Phi) is 2.26. The zero-order valence-corrected chi connectivity index (χ0v) is 8.09. The van der Waals surface area contributed by atoms with E-state index in [0.717, 1.165) is 13.0 Å². The number of hydrogen-bond acceptors (Lipinski definition) is 2. The third kappa shape index (κ3) is 1.74. The summed E-state index contributed by atoms with van der Waals surface area (Å²) in [7, 11) is 2.17. The van der Waals surface area contributed by atoms with Crippen LogP contribution in [0.3, 0.4) is 0 Å². The fraction of sp³-hybridized carbons (Fsp3) is 1.00. The van der Waals surface area contributed by atoms with E-state index in [1.54, 1.807) is 0 Å². The van der Waals surface area contributed by atoms with E-state index in [0.29, 0.717) is 17.5 Å². The zero-order valence-electron chi connectivity index (χ0n) is 8.09. The van der Waals surface area contributed by atoms with Crippen LogP contribution in [0.4, 0.5) is 0 Å². The number of nitrogens with zero attached hydrogens (tertiary/aromatic N) is 1. The summed E-state index contributed by atoms with van der Waals surface area (Å²) in [6.45, 7) is 7.95. The number of nitrogens with two attached hydrogens (primary N) is 1. The largest absolute Gasteiger partial charge is 0.326 e. The van der Waals surface area contributed by atoms with Gasteiger partial charge in [0.25, 0.3) is 0 Å². The summed E-state index contributed by atoms with van der Waals surface area (Å²) in [6.07, 6.45) is 1.15. The van der Waals surface area contributed by atoms with Crippen LogP contribution in [0.15, 0.2) is 0 Å². The highest BCUT2D eigenvalue weighted by Crippen LogP contribution is 2.30. The van der Waals surface area contributed by atoms with Crippen molar-refractivity contribution in [3.05, 3.63) is 0 Å². The quantitative estimate of drug-likeness (QED) is 0.568. The molecular formula is C9H20N2. The second kappa shape index (κ2) is 2.76. The third-order valence-electron chi connectivity index (χ3n) is 2.58. The molecule has 0 aliphatic carbocycles. The van der Waals surface area contributed by atoms with Crippen molar-refractivity contribution in [3.8, 4) is 0 Å². The first-order chi connectivity index (χ1) is 4.93. The van der Waals surface area contributed by atoms with Crippen LogP contribution in [0.2, 0.25) is 0 Å². The van der Waals surface area contributed by atoms with Crippen LogP contribution in [0, 0.1) is 5.41 Å². The summed E-state index contributed by atoms with van der Waals surface area (Å²) in [5.41, 5.74) is 6.34. The van der Waals surface area contributed by atoms with E-state index in [2.05, 4.69) is 32.7 Å². The van der Waals surface area contributed by atoms with Gasteiger partial charge in [0, 0.05) is 12.1 Å². The molecule has 0 aromatic carbocycles. The standard InChI is InChI=1S/C9H20N2/c1-9(2,3)8-7(10)5-6-11(8)4/h7-8H,5-6,10H2,1-4H3. The maximum Gasteiger partial charge on any atom is 0.0293 e. The molecule has 0 radical (unpaired) electrons. The molecule has 1 rings (SSSR count). The van der Waals surface area contributed by atoms with Gasteiger partial charge in [-0.3, -0.25) is 0 Å². The summed E-state index contributed by atoms with van der Waals surface area (Å²) in [5, 5.41) is 0. The Morgan fingerprint density at radius 1 is 1.36 bits per heavy atom. The minimum absolute atomic E-state index is 0.324. The Bertz CT molecular complexity index is 127. The van der Waals surface area contributed by atoms with E-state index in [1.807, 2.05) is 0 Å². The average molecular weight is 156 g/mol. The minimum atomic E-state index is 0.324. The molecule has 1 fully saturated rings. The van der Waals surface area contributed by atoms with Crippen LogP contribution in [-0.4, -0.2) is 30.6 Å². The van der Waals surface area contributed by atoms with Crippen molar-refractivity contribution in [2.24, 2.45) is 11.1 Å². The van der Waals surface area contributed by atoms with Gasteiger partial charge < -0.3 is 10.6 Å². The minimum Gasteiger partial charge on any atom is -0.326 e. The van der Waals surface area contributed by atoms with Crippen molar-refractivity contribution in [2.75, 3.05) is 13.6 Å². The van der Waals surface area contributed by atoms with Crippen molar-refractivity contribution in [1.82, 2.24) is 4.90 Å². The number of likely N-dealkylation sites (N-methyl/N-ethyl adjacent to an activating group) is 1. The second-order valence-electron chi connectivity index (χ2n) is 4.74. The number of hydrogen-bond donors (Lipinski definition) is 1. The Morgan fingerprint density at radius 3 is 2.09 bits per heavy atom. The summed E-state index contributed by atoms with van der Waals surface area (Å²) in [5.74, 6) is 0. The van der Waals surface area contributed by atoms with E-state index in [4.69, 9.17) is 5.73 Å². The molecular weight excluding hydrogens is 136 g/mol. The monoisotopic (exact) mass is 156 g/mol. The lowest BCUT2D eigenvalue weighted by atomic mass is 9.83. The molecule has 0 amide bonds. The fourth-order valence-electron chi connectivity index (χ4n) is 2.28. The highest BCUT2D eigenvalue weighted by molar-refractivity contribution is 4.95. The van der Waals surface area contributed by atoms with Crippen LogP contribution >= 0.6 is 0 Å². The first-order valence-electron chi connectivity index (χ1n) is 4.39. The van der Waals surface area contributed by atoms with Gasteiger partial charge >= 0.3 is 0 Å². The van der Waals surface area contributed by atoms with Gasteiger partial charge in [-0.15, -0.1) is 0 Å². The Balaban J connectivity index is 2.69. The van der Waals surface area contributed by atoms with Crippen molar-refractivity contribution in [3.63, 3.8) is 0 Å². The molecule has 66 valence electrons. The molecule has 0 aromatic rings. The first-order valence-corrected chi connectivity index (χ1v) is 4.39. The Hall–Kier alpha value is -0.0800. The van der Waals surface area contributed by atoms with Crippen LogP contribution in [0.25, 0.3) is 0 Å². The second-order valence-corrected chi connectivity index (χ2v) is 4.74. The van der Waals surface area contributed by atoms with Crippen molar-refractivity contribution < 1.29 is 0 Å². The highest BCUT2D eigenvalue weighted by atomic mass is 15.2. The predicted octanol–water partition coefficient (Wildman–Crippen LogP) is 1.06. The number of rotatable bonds is 0. The molecule has 2 nitrogen and oxygen atoms in total. The Labute approximate surface area is 69.8 Å². The first kappa shape index (κ1) is 9.01. The van der Waals surface area contributed by atoms with Crippen LogP contribution in [0.1, 0.15) is 27.2 Å². The molecule has 0 spiro atoms. The van der Waals surface area contributed by atoms with Crippen LogP contribution in [-0.2, 0) is 0 Å². The van der Waals surface area contributed by atoms with E-state index in [9.17, 15) is 0 Å². The molecule has 1 saturated heterocycles. The summed E-state index contributed by atoms with van der Waals surface area (Å²) < 4.78 is 0. The topological polar surface area (TPSA) is 29.3 Å². The number of likely N-dealkylation sites (tertiary alicyclic amines) is 1. The molecule has 2 heteroatoms. The van der Waals surface area contributed by atoms with Gasteiger partial charge in [0.2, 0.25) is 0 Å². The van der Waals surface area contributed by atoms with Gasteiger partial charge in [0.1, 0.15) is 0 Å². The van der Waals surface area contributed by atoms with Crippen molar-refractivity contribution in [2.45, 2.75) is 39.3 Å². The van der Waals surface area contributed by atoms with Gasteiger partial charge in [-0.2, -0.15) is 0 Å². The summed E-state index contributed by atoms with van der Waals surface area (Å²) in [4.78, 5) is 2.38. The van der Waals surface area contributed by atoms with Gasteiger partial charge in [-0.1, -0.05) is 20.8 Å². The Morgan fingerprint density at radius 2 is 1.91 bits per heavy atom. The summed E-state index contributed by atoms with van der Waals surface area (Å²) in [6, 6.07) is 0.933. The van der Waals surface area contributed by atoms with Gasteiger partial charge in [0.15, 0.2) is 0 Å². The molecule has 1 aliphatic rings. The maximum absolute atomic E-state index is 6.01. The molecule has 1 heterocycles. The molecule has 2 atom stereocenters. The maximum atomic E-state index is 6.01. The molecule has 11 heavy (non-hydrogen) atoms. The molecule has 0 bridgehead atoms. The van der Waals surface area contributed by atoms with Gasteiger partial charge in [-0.05, 0) is 25.4 Å². The molecule has 1 aliphatic heterocycles. The molecule has 2 N–H and O–H groups in total. The lowest BCUT2D eigenvalue weighted by Gasteiger charge is -2.35. The van der Waals surface area contributed by atoms with Gasteiger partial charge in [-0.25, -0.2) is 0 Å². The summed E-state index contributed by atoms with van der Waals surface area (Å²) >= 11 is 0. The van der Waals surface area contributed by atoms with Crippen molar-refractivity contribution in [1.29, 1.82) is 0 Å². The van der Waals surface area contributed by atoms with E-state index >= 15 is 0 Å². The average Bonchev–Trinajstić information content (AvgIpc) is 2.08. The van der Waals surface area contributed by atoms with E-state index in [1.165, 1.54) is 0 Å². The zero-order chi connectivity index (χ0) is 8.65. The van der Waals surface area contributed by atoms with Crippen LogP contribution < -0.4 is 5.73 Å². The SMILES string of the molecule is CN1CCC(N)C1C(C)(C)C.